The van der Waals surface area contributed by atoms with E-state index in [4.69, 9.17) is 0 Å². The molecular weight excluding hydrogens is 316 g/mol. The Morgan fingerprint density at radius 1 is 1.28 bits per heavy atom. The number of nitrogens with zero attached hydrogens (tertiary/aromatic N) is 5. The molecule has 7 nitrogen and oxygen atoms in total. The van der Waals surface area contributed by atoms with Crippen LogP contribution in [0.1, 0.15) is 18.5 Å². The average Bonchev–Trinajstić information content (AvgIpc) is 3.16. The number of benzene rings is 1. The number of piperazine rings is 1. The molecule has 2 heterocycles. The Labute approximate surface area is 148 Å². The van der Waals surface area contributed by atoms with Crippen LogP contribution in [0.2, 0.25) is 0 Å². The Hall–Kier alpha value is -2.41. The van der Waals surface area contributed by atoms with Crippen molar-refractivity contribution in [2.24, 2.45) is 0 Å². The van der Waals surface area contributed by atoms with Crippen molar-refractivity contribution in [3.8, 4) is 0 Å². The quantitative estimate of drug-likeness (QED) is 0.851. The summed E-state index contributed by atoms with van der Waals surface area (Å²) in [7, 11) is 0. The Balaban J connectivity index is 1.39. The van der Waals surface area contributed by atoms with Crippen LogP contribution in [0.25, 0.3) is 0 Å². The Bertz CT molecular complexity index is 679. The molecule has 25 heavy (non-hydrogen) atoms. The number of hydrogen-bond acceptors (Lipinski definition) is 5. The largest absolute Gasteiger partial charge is 0.369 e. The monoisotopic (exact) mass is 342 g/mol. The maximum Gasteiger partial charge on any atom is 0.244 e. The number of amides is 1. The summed E-state index contributed by atoms with van der Waals surface area (Å²) in [5.74, 6) is -0.0242. The van der Waals surface area contributed by atoms with Crippen LogP contribution in [0.15, 0.2) is 36.9 Å². The lowest BCUT2D eigenvalue weighted by Gasteiger charge is -2.36. The zero-order valence-electron chi connectivity index (χ0n) is 14.9. The summed E-state index contributed by atoms with van der Waals surface area (Å²) in [6.45, 7) is 9.55. The zero-order chi connectivity index (χ0) is 17.6. The van der Waals surface area contributed by atoms with Crippen LogP contribution < -0.4 is 10.2 Å². The van der Waals surface area contributed by atoms with Crippen molar-refractivity contribution >= 4 is 11.6 Å². The van der Waals surface area contributed by atoms with Gasteiger partial charge in [0.2, 0.25) is 5.91 Å². The summed E-state index contributed by atoms with van der Waals surface area (Å²) in [4.78, 5) is 20.8. The van der Waals surface area contributed by atoms with Crippen molar-refractivity contribution in [3.05, 3.63) is 42.5 Å². The molecule has 0 saturated carbocycles. The topological polar surface area (TPSA) is 66.3 Å². The lowest BCUT2D eigenvalue weighted by Crippen LogP contribution is -2.48. The van der Waals surface area contributed by atoms with E-state index in [9.17, 15) is 4.79 Å². The third-order valence-corrected chi connectivity index (χ3v) is 4.68. The Morgan fingerprint density at radius 3 is 2.76 bits per heavy atom. The van der Waals surface area contributed by atoms with E-state index in [1.165, 1.54) is 17.6 Å². The van der Waals surface area contributed by atoms with E-state index >= 15 is 0 Å². The molecule has 7 heteroatoms. The van der Waals surface area contributed by atoms with Gasteiger partial charge in [0.05, 0.1) is 0 Å². The highest BCUT2D eigenvalue weighted by Crippen LogP contribution is 2.17. The molecule has 1 aliphatic rings. The molecule has 1 saturated heterocycles. The molecule has 0 unspecified atom stereocenters. The van der Waals surface area contributed by atoms with Gasteiger partial charge in [-0.2, -0.15) is 5.10 Å². The third-order valence-electron chi connectivity index (χ3n) is 4.68. The molecule has 1 amide bonds. The van der Waals surface area contributed by atoms with Crippen molar-refractivity contribution in [2.45, 2.75) is 19.9 Å². The van der Waals surface area contributed by atoms with E-state index in [0.717, 1.165) is 32.7 Å². The summed E-state index contributed by atoms with van der Waals surface area (Å²) >= 11 is 0. The van der Waals surface area contributed by atoms with Crippen LogP contribution in [-0.4, -0.2) is 64.8 Å². The van der Waals surface area contributed by atoms with Gasteiger partial charge in [-0.3, -0.25) is 9.69 Å². The molecule has 3 rings (SSSR count). The van der Waals surface area contributed by atoms with E-state index in [1.54, 1.807) is 11.0 Å². The van der Waals surface area contributed by atoms with Gasteiger partial charge in [0, 0.05) is 45.0 Å². The van der Waals surface area contributed by atoms with E-state index in [2.05, 4.69) is 56.4 Å². The lowest BCUT2D eigenvalue weighted by molar-refractivity contribution is -0.124. The summed E-state index contributed by atoms with van der Waals surface area (Å²) < 4.78 is 1.57. The molecular formula is C18H26N6O. The lowest BCUT2D eigenvalue weighted by atomic mass is 10.2. The van der Waals surface area contributed by atoms with Crippen molar-refractivity contribution in [1.29, 1.82) is 0 Å². The van der Waals surface area contributed by atoms with E-state index in [1.807, 2.05) is 6.92 Å². The van der Waals surface area contributed by atoms with Crippen LogP contribution in [0.5, 0.6) is 0 Å². The van der Waals surface area contributed by atoms with Crippen LogP contribution in [0.3, 0.4) is 0 Å². The minimum atomic E-state index is -0.333. The van der Waals surface area contributed by atoms with Crippen molar-refractivity contribution in [3.63, 3.8) is 0 Å². The third kappa shape index (κ3) is 4.57. The predicted molar refractivity (Wildman–Crippen MR) is 97.6 cm³/mol. The fourth-order valence-corrected chi connectivity index (χ4v) is 3.08. The number of carbonyl (C=O) groups is 1. The number of hydrogen-bond donors (Lipinski definition) is 1. The number of aryl methyl sites for hydroxylation is 1. The SMILES string of the molecule is Cc1cccc(N2CCN(CCNC(=O)[C@H](C)n3cncn3)CC2)c1. The highest BCUT2D eigenvalue weighted by Gasteiger charge is 2.18. The molecule has 0 radical (unpaired) electrons. The van der Waals surface area contributed by atoms with Crippen molar-refractivity contribution < 1.29 is 4.79 Å². The molecule has 134 valence electrons. The highest BCUT2D eigenvalue weighted by atomic mass is 16.2. The van der Waals surface area contributed by atoms with Gasteiger partial charge >= 0.3 is 0 Å². The molecule has 1 atom stereocenters. The predicted octanol–water partition coefficient (Wildman–Crippen LogP) is 1.09. The van der Waals surface area contributed by atoms with E-state index < -0.39 is 0 Å². The first-order valence-electron chi connectivity index (χ1n) is 8.79. The van der Waals surface area contributed by atoms with E-state index in [0.29, 0.717) is 6.54 Å². The van der Waals surface area contributed by atoms with Gasteiger partial charge in [0.1, 0.15) is 18.7 Å². The van der Waals surface area contributed by atoms with Gasteiger partial charge in [-0.25, -0.2) is 9.67 Å². The van der Waals surface area contributed by atoms with E-state index in [-0.39, 0.29) is 11.9 Å². The minimum absolute atomic E-state index is 0.0242. The fraction of sp³-hybridized carbons (Fsp3) is 0.500. The summed E-state index contributed by atoms with van der Waals surface area (Å²) in [5, 5.41) is 6.99. The van der Waals surface area contributed by atoms with Crippen molar-refractivity contribution in [2.75, 3.05) is 44.2 Å². The maximum absolute atomic E-state index is 12.1. The van der Waals surface area contributed by atoms with Gasteiger partial charge in [-0.05, 0) is 31.5 Å². The van der Waals surface area contributed by atoms with Crippen LogP contribution >= 0.6 is 0 Å². The normalized spacial score (nSPS) is 16.6. The first-order chi connectivity index (χ1) is 12.1. The number of aromatic nitrogens is 3. The van der Waals surface area contributed by atoms with Crippen molar-refractivity contribution in [1.82, 2.24) is 25.0 Å². The Kier molecular flexibility index (Phi) is 5.65. The second-order valence-electron chi connectivity index (χ2n) is 6.51. The van der Waals surface area contributed by atoms with Crippen LogP contribution in [0.4, 0.5) is 5.69 Å². The molecule has 1 N–H and O–H groups in total. The van der Waals surface area contributed by atoms with Gasteiger partial charge in [0.25, 0.3) is 0 Å². The molecule has 1 fully saturated rings. The molecule has 0 spiro atoms. The molecule has 1 aromatic carbocycles. The first-order valence-corrected chi connectivity index (χ1v) is 8.79. The zero-order valence-corrected chi connectivity index (χ0v) is 14.9. The first kappa shape index (κ1) is 17.4. The van der Waals surface area contributed by atoms with Crippen LogP contribution in [-0.2, 0) is 4.79 Å². The van der Waals surface area contributed by atoms with Crippen LogP contribution in [0, 0.1) is 6.92 Å². The molecule has 0 aliphatic carbocycles. The van der Waals surface area contributed by atoms with Gasteiger partial charge in [-0.15, -0.1) is 0 Å². The number of rotatable bonds is 6. The molecule has 1 aliphatic heterocycles. The second-order valence-corrected chi connectivity index (χ2v) is 6.51. The maximum atomic E-state index is 12.1. The molecule has 2 aromatic rings. The number of carbonyl (C=O) groups excluding carboxylic acids is 1. The number of nitrogens with one attached hydrogen (secondary N) is 1. The Morgan fingerprint density at radius 2 is 2.08 bits per heavy atom. The summed E-state index contributed by atoms with van der Waals surface area (Å²) in [5.41, 5.74) is 2.60. The summed E-state index contributed by atoms with van der Waals surface area (Å²) in [6.07, 6.45) is 3.01. The number of anilines is 1. The standard InChI is InChI=1S/C18H26N6O/c1-15-4-3-5-17(12-15)23-10-8-22(9-11-23)7-6-20-18(25)16(2)24-14-19-13-21-24/h3-5,12-14,16H,6-11H2,1-2H3,(H,20,25)/t16-/m0/s1. The summed E-state index contributed by atoms with van der Waals surface area (Å²) in [6, 6.07) is 8.32. The second kappa shape index (κ2) is 8.11. The van der Waals surface area contributed by atoms with Gasteiger partial charge in [0.15, 0.2) is 0 Å². The average molecular weight is 342 g/mol. The fourth-order valence-electron chi connectivity index (χ4n) is 3.08. The van der Waals surface area contributed by atoms with Gasteiger partial charge in [-0.1, -0.05) is 12.1 Å². The molecule has 1 aromatic heterocycles. The van der Waals surface area contributed by atoms with Gasteiger partial charge < -0.3 is 10.2 Å². The molecule has 0 bridgehead atoms. The smallest absolute Gasteiger partial charge is 0.244 e. The minimum Gasteiger partial charge on any atom is -0.369 e. The highest BCUT2D eigenvalue weighted by molar-refractivity contribution is 5.79.